The van der Waals surface area contributed by atoms with E-state index in [1.165, 1.54) is 6.07 Å². The third-order valence-corrected chi connectivity index (χ3v) is 11.1. The van der Waals surface area contributed by atoms with Crippen LogP contribution in [0.1, 0.15) is 75.4 Å². The molecule has 11 nitrogen and oxygen atoms in total. The minimum Gasteiger partial charge on any atom is -0.369 e. The summed E-state index contributed by atoms with van der Waals surface area (Å²) in [5, 5.41) is 6.35. The number of nitrogens with zero attached hydrogens (tertiary/aromatic N) is 5. The normalized spacial score (nSPS) is 20.6. The van der Waals surface area contributed by atoms with Crippen LogP contribution in [0.3, 0.4) is 0 Å². The van der Waals surface area contributed by atoms with E-state index in [1.54, 1.807) is 0 Å². The van der Waals surface area contributed by atoms with Crippen LogP contribution in [0.2, 0.25) is 0 Å². The lowest BCUT2D eigenvalue weighted by atomic mass is 9.99. The summed E-state index contributed by atoms with van der Waals surface area (Å²) in [5.74, 6) is -2.35. The van der Waals surface area contributed by atoms with Crippen molar-refractivity contribution in [3.8, 4) is 11.1 Å². The van der Waals surface area contributed by atoms with E-state index in [4.69, 9.17) is 11.1 Å². The molecule has 1 saturated carbocycles. The Balaban J connectivity index is 1.08. The lowest BCUT2D eigenvalue weighted by Gasteiger charge is -2.30. The Labute approximate surface area is 300 Å². The summed E-state index contributed by atoms with van der Waals surface area (Å²) in [5.41, 5.74) is 6.61. The highest BCUT2D eigenvalue weighted by molar-refractivity contribution is 6.23. The van der Waals surface area contributed by atoms with Crippen LogP contribution in [-0.2, 0) is 15.1 Å². The van der Waals surface area contributed by atoms with Crippen LogP contribution in [-0.4, -0.2) is 59.4 Å². The van der Waals surface area contributed by atoms with E-state index >= 15 is 4.39 Å². The number of nitrogens with one attached hydrogen (secondary N) is 1. The zero-order chi connectivity index (χ0) is 36.5. The first kappa shape index (κ1) is 33.3. The summed E-state index contributed by atoms with van der Waals surface area (Å²) in [6.07, 6.45) is 2.52. The van der Waals surface area contributed by atoms with Crippen molar-refractivity contribution in [2.45, 2.75) is 64.5 Å². The van der Waals surface area contributed by atoms with Crippen LogP contribution in [0.15, 0.2) is 59.1 Å². The monoisotopic (exact) mass is 700 g/mol. The van der Waals surface area contributed by atoms with Crippen molar-refractivity contribution >= 4 is 40.7 Å². The van der Waals surface area contributed by atoms with E-state index in [2.05, 4.69) is 69.6 Å². The third kappa shape index (κ3) is 5.52. The van der Waals surface area contributed by atoms with Gasteiger partial charge in [0.25, 0.3) is 17.4 Å². The molecule has 1 aliphatic carbocycles. The van der Waals surface area contributed by atoms with E-state index in [1.807, 2.05) is 18.7 Å². The second-order valence-corrected chi connectivity index (χ2v) is 14.4. The predicted molar refractivity (Wildman–Crippen MR) is 191 cm³/mol. The first-order chi connectivity index (χ1) is 25.0. The summed E-state index contributed by atoms with van der Waals surface area (Å²) in [4.78, 5) is 59.9. The molecular formula is C40H37FN6O5. The molecule has 0 spiro atoms. The maximum absolute atomic E-state index is 15.8. The number of aryl methyl sites for hydroxylation is 3. The van der Waals surface area contributed by atoms with Crippen molar-refractivity contribution in [3.05, 3.63) is 106 Å². The Morgan fingerprint density at radius 3 is 2.38 bits per heavy atom. The Morgan fingerprint density at radius 2 is 1.73 bits per heavy atom. The molecule has 4 amide bonds. The molecule has 4 aliphatic rings. The smallest absolute Gasteiger partial charge is 0.262 e. The summed E-state index contributed by atoms with van der Waals surface area (Å²) >= 11 is 0. The highest BCUT2D eigenvalue weighted by Crippen LogP contribution is 2.50. The summed E-state index contributed by atoms with van der Waals surface area (Å²) in [6, 6.07) is 16.0. The van der Waals surface area contributed by atoms with Crippen molar-refractivity contribution in [3.63, 3.8) is 0 Å². The molecule has 8 rings (SSSR count). The predicted octanol–water partition coefficient (Wildman–Crippen LogP) is 6.38. The largest absolute Gasteiger partial charge is 0.369 e. The molecular weight excluding hydrogens is 663 g/mol. The van der Waals surface area contributed by atoms with Crippen LogP contribution >= 0.6 is 0 Å². The number of aromatic nitrogens is 1. The van der Waals surface area contributed by atoms with Crippen LogP contribution in [0, 0.1) is 39.1 Å². The fourth-order valence-electron chi connectivity index (χ4n) is 8.01. The number of halogens is 1. The lowest BCUT2D eigenvalue weighted by molar-refractivity contribution is -0.136. The number of anilines is 3. The topological polar surface area (TPSA) is 120 Å². The number of hydrogen-bond acceptors (Lipinski definition) is 8. The summed E-state index contributed by atoms with van der Waals surface area (Å²) in [7, 11) is 0. The van der Waals surface area contributed by atoms with Gasteiger partial charge in [-0.15, -0.1) is 0 Å². The highest BCUT2D eigenvalue weighted by atomic mass is 19.1. The fourth-order valence-corrected chi connectivity index (χ4v) is 8.01. The zero-order valence-corrected chi connectivity index (χ0v) is 29.2. The van der Waals surface area contributed by atoms with Gasteiger partial charge in [-0.2, -0.15) is 0 Å². The first-order valence-corrected chi connectivity index (χ1v) is 17.6. The van der Waals surface area contributed by atoms with Gasteiger partial charge in [0.05, 0.1) is 22.5 Å². The van der Waals surface area contributed by atoms with Crippen LogP contribution < -0.4 is 15.1 Å². The van der Waals surface area contributed by atoms with Crippen molar-refractivity contribution in [2.24, 2.45) is 5.92 Å². The number of fused-ring (bicyclic) bond motifs is 1. The molecule has 1 aromatic heterocycles. The minimum absolute atomic E-state index is 0.00511. The van der Waals surface area contributed by atoms with Gasteiger partial charge in [0, 0.05) is 61.4 Å². The van der Waals surface area contributed by atoms with E-state index in [-0.39, 0.29) is 35.6 Å². The highest BCUT2D eigenvalue weighted by Gasteiger charge is 2.52. The van der Waals surface area contributed by atoms with Crippen LogP contribution in [0.25, 0.3) is 16.0 Å². The number of rotatable bonds is 8. The number of carbonyl (C=O) groups excluding carboxylic acids is 4. The fraction of sp³-hybridized carbons (Fsp3) is 0.350. The van der Waals surface area contributed by atoms with Gasteiger partial charge in [-0.05, 0) is 93.1 Å². The zero-order valence-electron chi connectivity index (χ0n) is 29.2. The molecule has 52 heavy (non-hydrogen) atoms. The number of amides is 4. The van der Waals surface area contributed by atoms with Gasteiger partial charge in [-0.25, -0.2) is 11.0 Å². The molecule has 2 saturated heterocycles. The van der Waals surface area contributed by atoms with E-state index in [9.17, 15) is 19.2 Å². The standard InChI is InChI=1S/C40H37FN6O5/c1-22-5-6-26(36-23(2)44-52-24(36)3)17-33(22)46(28-9-7-27(8-10-28)40(42-4)14-15-40)21-25-13-16-45(20-25)34-19-30-29(18-31(34)41)38(50)47(39(30)51)32-11-12-35(48)43-37(32)49/h5-10,17-19,25,32H,11-16,20-21H2,1-3H3,(H,43,48,49). The molecule has 3 aromatic carbocycles. The maximum atomic E-state index is 15.8. The second-order valence-electron chi connectivity index (χ2n) is 14.4. The molecule has 264 valence electrons. The molecule has 1 N–H and O–H groups in total. The van der Waals surface area contributed by atoms with Gasteiger partial charge in [0.15, 0.2) is 0 Å². The molecule has 3 aliphatic heterocycles. The van der Waals surface area contributed by atoms with Gasteiger partial charge < -0.3 is 19.2 Å². The molecule has 4 heterocycles. The Kier molecular flexibility index (Phi) is 7.97. The molecule has 2 unspecified atom stereocenters. The molecule has 4 aromatic rings. The van der Waals surface area contributed by atoms with Crippen molar-refractivity contribution in [1.29, 1.82) is 0 Å². The molecule has 12 heteroatoms. The average Bonchev–Trinajstić information content (AvgIpc) is 3.58. The first-order valence-electron chi connectivity index (χ1n) is 17.6. The Morgan fingerprint density at radius 1 is 1.00 bits per heavy atom. The quantitative estimate of drug-likeness (QED) is 0.166. The Bertz CT molecular complexity index is 2200. The number of benzene rings is 3. The van der Waals surface area contributed by atoms with Gasteiger partial charge in [0.1, 0.15) is 17.6 Å². The lowest BCUT2D eigenvalue weighted by Crippen LogP contribution is -2.54. The van der Waals surface area contributed by atoms with E-state index in [0.29, 0.717) is 19.6 Å². The van der Waals surface area contributed by atoms with Gasteiger partial charge in [-0.3, -0.25) is 29.4 Å². The number of imide groups is 2. The molecule has 2 atom stereocenters. The van der Waals surface area contributed by atoms with Crippen LogP contribution in [0.4, 0.5) is 21.5 Å². The molecule has 0 radical (unpaired) electrons. The van der Waals surface area contributed by atoms with E-state index < -0.39 is 41.0 Å². The van der Waals surface area contributed by atoms with Gasteiger partial charge >= 0.3 is 0 Å². The van der Waals surface area contributed by atoms with Crippen molar-refractivity contribution in [1.82, 2.24) is 15.4 Å². The summed E-state index contributed by atoms with van der Waals surface area (Å²) in [6.45, 7) is 15.3. The Hall–Kier alpha value is -5.83. The summed E-state index contributed by atoms with van der Waals surface area (Å²) < 4.78 is 21.3. The third-order valence-electron chi connectivity index (χ3n) is 11.1. The molecule has 0 bridgehead atoms. The average molecular weight is 701 g/mol. The maximum Gasteiger partial charge on any atom is 0.262 e. The van der Waals surface area contributed by atoms with E-state index in [0.717, 1.165) is 75.3 Å². The van der Waals surface area contributed by atoms with Crippen molar-refractivity contribution < 1.29 is 28.1 Å². The van der Waals surface area contributed by atoms with Gasteiger partial charge in [0.2, 0.25) is 11.8 Å². The number of carbonyl (C=O) groups is 4. The number of hydrogen-bond donors (Lipinski definition) is 1. The molecule has 3 fully saturated rings. The minimum atomic E-state index is -1.12. The van der Waals surface area contributed by atoms with Crippen molar-refractivity contribution in [2.75, 3.05) is 29.4 Å². The van der Waals surface area contributed by atoms with Crippen LogP contribution in [0.5, 0.6) is 0 Å². The number of piperidine rings is 1. The second kappa shape index (κ2) is 12.4. The SMILES string of the molecule is [C-]#[N+]C1(c2ccc(N(CC3CCN(c4cc5c(cc4F)C(=O)N(C4CCC(=O)NC4=O)C5=O)C3)c3cc(-c4c(C)noc4C)ccc3C)cc2)CC1. The van der Waals surface area contributed by atoms with Gasteiger partial charge in [-0.1, -0.05) is 17.3 Å².